The number of nitrogens with zero attached hydrogens (tertiary/aromatic N) is 1. The summed E-state index contributed by atoms with van der Waals surface area (Å²) in [6, 6.07) is -5.14. The number of aliphatic carboxylic acids is 1. The average Bonchev–Trinajstić information content (AvgIpc) is 3.20. The fourth-order valence-electron chi connectivity index (χ4n) is 2.60. The summed E-state index contributed by atoms with van der Waals surface area (Å²) in [5.74, 6) is -4.59. The third kappa shape index (κ3) is 8.69. The maximum atomic E-state index is 12.7. The summed E-state index contributed by atoms with van der Waals surface area (Å²) in [5, 5.41) is 26.2. The van der Waals surface area contributed by atoms with Gasteiger partial charge in [0.1, 0.15) is 18.1 Å². The molecular weight excluding hydrogens is 426 g/mol. The molecule has 0 radical (unpaired) electrons. The Labute approximate surface area is 183 Å². The van der Waals surface area contributed by atoms with Crippen molar-refractivity contribution in [1.82, 2.24) is 25.9 Å². The number of H-pyrrole nitrogens is 1. The number of carbonyl (C=O) groups excluding carboxylic acids is 4. The van der Waals surface area contributed by atoms with Gasteiger partial charge in [0, 0.05) is 24.7 Å². The van der Waals surface area contributed by atoms with E-state index in [0.29, 0.717) is 5.69 Å². The van der Waals surface area contributed by atoms with Gasteiger partial charge in [-0.15, -0.1) is 0 Å². The third-order valence-electron chi connectivity index (χ3n) is 4.38. The number of carboxylic acid groups (broad SMARTS) is 1. The monoisotopic (exact) mass is 455 g/mol. The SMILES string of the molecule is CC(N)C(=O)NC(CCC(N)=O)C(=O)NC(C(=O)NC(Cc1cnc[nH]1)C(=O)O)C(C)O. The van der Waals surface area contributed by atoms with Gasteiger partial charge in [0.2, 0.25) is 23.6 Å². The fraction of sp³-hybridized carbons (Fsp3) is 0.556. The van der Waals surface area contributed by atoms with E-state index in [1.54, 1.807) is 0 Å². The van der Waals surface area contributed by atoms with Gasteiger partial charge in [-0.05, 0) is 20.3 Å². The normalized spacial score (nSPS) is 15.5. The number of aromatic nitrogens is 2. The molecule has 14 nitrogen and oxygen atoms in total. The highest BCUT2D eigenvalue weighted by molar-refractivity contribution is 5.94. The molecule has 4 amide bonds. The molecule has 0 spiro atoms. The number of nitrogens with one attached hydrogen (secondary N) is 4. The second-order valence-corrected chi connectivity index (χ2v) is 7.26. The first-order valence-electron chi connectivity index (χ1n) is 9.75. The van der Waals surface area contributed by atoms with Crippen molar-refractivity contribution >= 4 is 29.6 Å². The summed E-state index contributed by atoms with van der Waals surface area (Å²) in [6.07, 6.45) is 0.784. The van der Waals surface area contributed by atoms with Gasteiger partial charge in [0.15, 0.2) is 0 Å². The summed E-state index contributed by atoms with van der Waals surface area (Å²) in [5.41, 5.74) is 11.0. The van der Waals surface area contributed by atoms with Gasteiger partial charge in [-0.3, -0.25) is 19.2 Å². The molecular formula is C18H29N7O7. The summed E-state index contributed by atoms with van der Waals surface area (Å²) in [7, 11) is 0. The number of hydrogen-bond acceptors (Lipinski definition) is 8. The van der Waals surface area contributed by atoms with Crippen LogP contribution < -0.4 is 27.4 Å². The van der Waals surface area contributed by atoms with Crippen molar-refractivity contribution in [2.45, 2.75) is 63.4 Å². The maximum absolute atomic E-state index is 12.7. The molecule has 0 fully saturated rings. The van der Waals surface area contributed by atoms with E-state index in [1.165, 1.54) is 26.4 Å². The Kier molecular flexibility index (Phi) is 10.2. The number of aliphatic hydroxyl groups is 1. The number of hydrogen-bond donors (Lipinski definition) is 8. The molecule has 10 N–H and O–H groups in total. The lowest BCUT2D eigenvalue weighted by Gasteiger charge is -2.26. The lowest BCUT2D eigenvalue weighted by Crippen LogP contribution is -2.60. The molecule has 5 atom stereocenters. The highest BCUT2D eigenvalue weighted by Crippen LogP contribution is 2.04. The second-order valence-electron chi connectivity index (χ2n) is 7.26. The van der Waals surface area contributed by atoms with E-state index in [1.807, 2.05) is 0 Å². The molecule has 0 saturated heterocycles. The van der Waals surface area contributed by atoms with Gasteiger partial charge in [0.25, 0.3) is 0 Å². The first-order chi connectivity index (χ1) is 14.9. The van der Waals surface area contributed by atoms with Crippen LogP contribution in [-0.2, 0) is 30.4 Å². The van der Waals surface area contributed by atoms with Crippen LogP contribution in [0.1, 0.15) is 32.4 Å². The summed E-state index contributed by atoms with van der Waals surface area (Å²) < 4.78 is 0. The minimum Gasteiger partial charge on any atom is -0.480 e. The smallest absolute Gasteiger partial charge is 0.326 e. The number of amides is 4. The Morgan fingerprint density at radius 3 is 2.16 bits per heavy atom. The highest BCUT2D eigenvalue weighted by Gasteiger charge is 2.32. The summed E-state index contributed by atoms with van der Waals surface area (Å²) >= 11 is 0. The number of nitrogens with two attached hydrogens (primary N) is 2. The zero-order valence-corrected chi connectivity index (χ0v) is 17.7. The Morgan fingerprint density at radius 2 is 1.69 bits per heavy atom. The molecule has 14 heteroatoms. The van der Waals surface area contributed by atoms with E-state index in [-0.39, 0.29) is 19.3 Å². The number of carbonyl (C=O) groups is 5. The zero-order chi connectivity index (χ0) is 24.4. The van der Waals surface area contributed by atoms with Crippen LogP contribution >= 0.6 is 0 Å². The van der Waals surface area contributed by atoms with Crippen molar-refractivity contribution in [3.63, 3.8) is 0 Å². The van der Waals surface area contributed by atoms with Crippen molar-refractivity contribution in [1.29, 1.82) is 0 Å². The van der Waals surface area contributed by atoms with E-state index >= 15 is 0 Å². The van der Waals surface area contributed by atoms with Crippen LogP contribution in [0.25, 0.3) is 0 Å². The molecule has 1 aromatic heterocycles. The zero-order valence-electron chi connectivity index (χ0n) is 17.7. The lowest BCUT2D eigenvalue weighted by atomic mass is 10.1. The predicted molar refractivity (Wildman–Crippen MR) is 109 cm³/mol. The van der Waals surface area contributed by atoms with Gasteiger partial charge in [0.05, 0.1) is 18.5 Å². The largest absolute Gasteiger partial charge is 0.480 e. The number of carboxylic acids is 1. The van der Waals surface area contributed by atoms with Crippen molar-refractivity contribution < 1.29 is 34.2 Å². The number of aliphatic hydroxyl groups excluding tert-OH is 1. The predicted octanol–water partition coefficient (Wildman–Crippen LogP) is -3.52. The van der Waals surface area contributed by atoms with E-state index in [9.17, 15) is 34.2 Å². The Morgan fingerprint density at radius 1 is 1.06 bits per heavy atom. The molecule has 0 aromatic carbocycles. The van der Waals surface area contributed by atoms with Gasteiger partial charge < -0.3 is 42.6 Å². The van der Waals surface area contributed by atoms with Crippen molar-refractivity contribution in [2.75, 3.05) is 0 Å². The molecule has 0 aliphatic heterocycles. The molecule has 0 aliphatic carbocycles. The number of rotatable bonds is 13. The minimum absolute atomic E-state index is 0.118. The molecule has 32 heavy (non-hydrogen) atoms. The average molecular weight is 455 g/mol. The minimum atomic E-state index is -1.55. The first kappa shape index (κ1) is 26.5. The van der Waals surface area contributed by atoms with Gasteiger partial charge in [-0.1, -0.05) is 0 Å². The molecule has 0 bridgehead atoms. The molecule has 1 rings (SSSR count). The van der Waals surface area contributed by atoms with Crippen LogP contribution in [0.3, 0.4) is 0 Å². The fourth-order valence-corrected chi connectivity index (χ4v) is 2.60. The van der Waals surface area contributed by atoms with E-state index < -0.39 is 59.9 Å². The lowest BCUT2D eigenvalue weighted by molar-refractivity contribution is -0.143. The molecule has 1 heterocycles. The maximum Gasteiger partial charge on any atom is 0.326 e. The van der Waals surface area contributed by atoms with E-state index in [2.05, 4.69) is 25.9 Å². The quantitative estimate of drug-likeness (QED) is 0.147. The van der Waals surface area contributed by atoms with E-state index in [0.717, 1.165) is 0 Å². The van der Waals surface area contributed by atoms with Crippen LogP contribution in [-0.4, -0.2) is 80.1 Å². The van der Waals surface area contributed by atoms with Crippen LogP contribution in [0.4, 0.5) is 0 Å². The van der Waals surface area contributed by atoms with E-state index in [4.69, 9.17) is 11.5 Å². The summed E-state index contributed by atoms with van der Waals surface area (Å²) in [6.45, 7) is 2.60. The third-order valence-corrected chi connectivity index (χ3v) is 4.38. The number of primary amides is 1. The van der Waals surface area contributed by atoms with Crippen LogP contribution in [0.5, 0.6) is 0 Å². The molecule has 5 unspecified atom stereocenters. The van der Waals surface area contributed by atoms with Gasteiger partial charge in [-0.2, -0.15) is 0 Å². The molecule has 0 aliphatic rings. The number of aromatic amines is 1. The van der Waals surface area contributed by atoms with Crippen LogP contribution in [0, 0.1) is 0 Å². The van der Waals surface area contributed by atoms with Gasteiger partial charge in [-0.25, -0.2) is 9.78 Å². The van der Waals surface area contributed by atoms with Crippen LogP contribution in [0.2, 0.25) is 0 Å². The Bertz CT molecular complexity index is 811. The highest BCUT2D eigenvalue weighted by atomic mass is 16.4. The number of imidazole rings is 1. The van der Waals surface area contributed by atoms with Crippen molar-refractivity contribution in [3.8, 4) is 0 Å². The Hall–Kier alpha value is -3.52. The standard InChI is InChI=1S/C18H29N7O7/c1-8(19)15(28)23-11(3-4-13(20)27)16(29)25-14(9(2)26)17(30)24-12(18(31)32)5-10-6-21-7-22-10/h6-9,11-12,14,26H,3-5,19H2,1-2H3,(H2,20,27)(H,21,22)(H,23,28)(H,24,30)(H,25,29)(H,31,32). The second kappa shape index (κ2) is 12.4. The molecule has 1 aromatic rings. The topological polar surface area (TPSA) is 243 Å². The first-order valence-corrected chi connectivity index (χ1v) is 9.75. The van der Waals surface area contributed by atoms with Crippen molar-refractivity contribution in [2.24, 2.45) is 11.5 Å². The molecule has 0 saturated carbocycles. The Balaban J connectivity index is 2.92. The van der Waals surface area contributed by atoms with Gasteiger partial charge >= 0.3 is 5.97 Å². The molecule has 178 valence electrons. The van der Waals surface area contributed by atoms with Crippen molar-refractivity contribution in [3.05, 3.63) is 18.2 Å². The van der Waals surface area contributed by atoms with Crippen LogP contribution in [0.15, 0.2) is 12.5 Å². The summed E-state index contributed by atoms with van der Waals surface area (Å²) in [4.78, 5) is 66.3.